The van der Waals surface area contributed by atoms with Crippen LogP contribution in [0.5, 0.6) is 11.5 Å². The Morgan fingerprint density at radius 1 is 1.06 bits per heavy atom. The molecule has 2 aromatic heterocycles. The van der Waals surface area contributed by atoms with Crippen molar-refractivity contribution >= 4 is 17.0 Å². The first-order valence-corrected chi connectivity index (χ1v) is 12.3. The molecule has 0 N–H and O–H groups in total. The van der Waals surface area contributed by atoms with E-state index in [9.17, 15) is 4.79 Å². The van der Waals surface area contributed by atoms with E-state index in [2.05, 4.69) is 23.8 Å². The van der Waals surface area contributed by atoms with Gasteiger partial charge in [0.05, 0.1) is 18.3 Å². The molecular weight excluding hydrogens is 454 g/mol. The van der Waals surface area contributed by atoms with Crippen LogP contribution in [0.2, 0.25) is 0 Å². The molecule has 3 heterocycles. The van der Waals surface area contributed by atoms with Gasteiger partial charge in [-0.3, -0.25) is 4.68 Å². The van der Waals surface area contributed by atoms with E-state index in [1.165, 1.54) is 0 Å². The molecule has 1 amide bonds. The lowest BCUT2D eigenvalue weighted by molar-refractivity contribution is 0.104. The predicted octanol–water partition coefficient (Wildman–Crippen LogP) is 5.63. The average Bonchev–Trinajstić information content (AvgIpc) is 3.17. The number of benzene rings is 2. The second-order valence-corrected chi connectivity index (χ2v) is 9.58. The molecule has 0 bridgehead atoms. The first-order chi connectivity index (χ1) is 17.4. The second-order valence-electron chi connectivity index (χ2n) is 9.58. The molecule has 2 unspecified atom stereocenters. The van der Waals surface area contributed by atoms with Crippen LogP contribution in [0.3, 0.4) is 0 Å². The summed E-state index contributed by atoms with van der Waals surface area (Å²) in [5.41, 5.74) is 5.14. The number of carbonyl (C=O) groups excluding carboxylic acids is 1. The zero-order chi connectivity index (χ0) is 25.4. The summed E-state index contributed by atoms with van der Waals surface area (Å²) < 4.78 is 13.4. The smallest absolute Gasteiger partial charge is 0.415 e. The van der Waals surface area contributed by atoms with Crippen molar-refractivity contribution in [2.45, 2.75) is 39.7 Å². The molecule has 2 atom stereocenters. The number of fused-ring (bicyclic) bond motifs is 1. The van der Waals surface area contributed by atoms with Gasteiger partial charge in [-0.05, 0) is 38.7 Å². The minimum Gasteiger partial charge on any atom is -0.493 e. The van der Waals surface area contributed by atoms with E-state index in [1.807, 2.05) is 49.0 Å². The van der Waals surface area contributed by atoms with Crippen LogP contribution in [-0.4, -0.2) is 50.4 Å². The largest absolute Gasteiger partial charge is 0.493 e. The van der Waals surface area contributed by atoms with Gasteiger partial charge in [0.2, 0.25) is 0 Å². The number of likely N-dealkylation sites (tertiary alicyclic amines) is 1. The number of nitrogens with zero attached hydrogens (tertiary/aromatic N) is 5. The van der Waals surface area contributed by atoms with Crippen molar-refractivity contribution in [1.82, 2.24) is 24.6 Å². The Labute approximate surface area is 210 Å². The molecule has 1 saturated heterocycles. The molecule has 5 rings (SSSR count). The zero-order valence-electron chi connectivity index (χ0n) is 21.4. The number of piperidine rings is 1. The van der Waals surface area contributed by atoms with Crippen molar-refractivity contribution in [3.05, 3.63) is 54.5 Å². The van der Waals surface area contributed by atoms with Gasteiger partial charge in [0.25, 0.3) is 0 Å². The number of amides is 1. The quantitative estimate of drug-likeness (QED) is 0.372. The second kappa shape index (κ2) is 9.60. The SMILES string of the molecule is COc1cc2ncnc(-c3c(-c4ccccc4)nn(C)c3C)c2cc1OC(=O)N1CCC(C)CC1C. The highest BCUT2D eigenvalue weighted by atomic mass is 16.6. The molecule has 0 aliphatic carbocycles. The minimum absolute atomic E-state index is 0.123. The van der Waals surface area contributed by atoms with Gasteiger partial charge in [-0.15, -0.1) is 0 Å². The first-order valence-electron chi connectivity index (χ1n) is 12.3. The van der Waals surface area contributed by atoms with Gasteiger partial charge in [-0.2, -0.15) is 5.10 Å². The summed E-state index contributed by atoms with van der Waals surface area (Å²) >= 11 is 0. The lowest BCUT2D eigenvalue weighted by atomic mass is 9.94. The molecule has 36 heavy (non-hydrogen) atoms. The number of hydrogen-bond acceptors (Lipinski definition) is 6. The Hall–Kier alpha value is -3.94. The fraction of sp³-hybridized carbons (Fsp3) is 0.357. The number of carbonyl (C=O) groups is 1. The maximum Gasteiger partial charge on any atom is 0.415 e. The number of ether oxygens (including phenoxy) is 2. The Kier molecular flexibility index (Phi) is 6.35. The molecule has 2 aromatic carbocycles. The number of aromatic nitrogens is 4. The lowest BCUT2D eigenvalue weighted by Crippen LogP contribution is -2.45. The summed E-state index contributed by atoms with van der Waals surface area (Å²) in [6, 6.07) is 13.8. The van der Waals surface area contributed by atoms with Crippen molar-refractivity contribution in [2.24, 2.45) is 13.0 Å². The zero-order valence-corrected chi connectivity index (χ0v) is 21.4. The van der Waals surface area contributed by atoms with Crippen molar-refractivity contribution in [1.29, 1.82) is 0 Å². The van der Waals surface area contributed by atoms with Gasteiger partial charge in [0.15, 0.2) is 11.5 Å². The van der Waals surface area contributed by atoms with Crippen LogP contribution < -0.4 is 9.47 Å². The number of hydrogen-bond donors (Lipinski definition) is 0. The van der Waals surface area contributed by atoms with Gasteiger partial charge >= 0.3 is 6.09 Å². The van der Waals surface area contributed by atoms with Crippen molar-refractivity contribution in [3.8, 4) is 34.0 Å². The molecule has 0 radical (unpaired) electrons. The van der Waals surface area contributed by atoms with E-state index in [0.29, 0.717) is 29.5 Å². The molecule has 4 aromatic rings. The summed E-state index contributed by atoms with van der Waals surface area (Å²) in [5, 5.41) is 5.54. The molecule has 1 aliphatic heterocycles. The number of methoxy groups -OCH3 is 1. The highest BCUT2D eigenvalue weighted by Gasteiger charge is 2.29. The maximum absolute atomic E-state index is 13.1. The van der Waals surface area contributed by atoms with Gasteiger partial charge in [-0.1, -0.05) is 37.3 Å². The fourth-order valence-corrected chi connectivity index (χ4v) is 5.02. The highest BCUT2D eigenvalue weighted by molar-refractivity contribution is 5.98. The molecule has 186 valence electrons. The molecule has 0 saturated carbocycles. The summed E-state index contributed by atoms with van der Waals surface area (Å²) in [5.74, 6) is 1.39. The number of rotatable bonds is 4. The van der Waals surface area contributed by atoms with E-state index in [0.717, 1.165) is 46.4 Å². The predicted molar refractivity (Wildman–Crippen MR) is 139 cm³/mol. The van der Waals surface area contributed by atoms with Crippen LogP contribution in [0.15, 0.2) is 48.8 Å². The molecule has 1 fully saturated rings. The van der Waals surface area contributed by atoms with Gasteiger partial charge < -0.3 is 14.4 Å². The molecule has 8 heteroatoms. The topological polar surface area (TPSA) is 82.4 Å². The fourth-order valence-electron chi connectivity index (χ4n) is 5.02. The normalized spacial score (nSPS) is 17.9. The van der Waals surface area contributed by atoms with Crippen molar-refractivity contribution in [3.63, 3.8) is 0 Å². The van der Waals surface area contributed by atoms with E-state index in [1.54, 1.807) is 30.5 Å². The van der Waals surface area contributed by atoms with Crippen LogP contribution in [-0.2, 0) is 7.05 Å². The van der Waals surface area contributed by atoms with Crippen LogP contribution in [0.1, 0.15) is 32.4 Å². The number of aryl methyl sites for hydroxylation is 1. The molecule has 0 spiro atoms. The summed E-state index contributed by atoms with van der Waals surface area (Å²) in [6.07, 6.45) is 3.10. The Balaban J connectivity index is 1.61. The van der Waals surface area contributed by atoms with Crippen LogP contribution in [0.4, 0.5) is 4.79 Å². The first kappa shape index (κ1) is 23.8. The van der Waals surface area contributed by atoms with Gasteiger partial charge in [0, 0.05) is 47.9 Å². The molecule has 1 aliphatic rings. The Bertz CT molecular complexity index is 1420. The van der Waals surface area contributed by atoms with Crippen molar-refractivity contribution < 1.29 is 14.3 Å². The van der Waals surface area contributed by atoms with Gasteiger partial charge in [0.1, 0.15) is 12.0 Å². The highest BCUT2D eigenvalue weighted by Crippen LogP contribution is 2.40. The lowest BCUT2D eigenvalue weighted by Gasteiger charge is -2.35. The van der Waals surface area contributed by atoms with Gasteiger partial charge in [-0.25, -0.2) is 14.8 Å². The monoisotopic (exact) mass is 485 g/mol. The Morgan fingerprint density at radius 3 is 2.56 bits per heavy atom. The standard InChI is InChI=1S/C28H31N5O3/c1-17-11-12-33(18(2)13-17)28(34)36-24-14-21-22(15-23(24)35-5)29-16-30-27(21)25-19(3)32(4)31-26(25)20-9-7-6-8-10-20/h6-10,14-18H,11-13H2,1-5H3. The summed E-state index contributed by atoms with van der Waals surface area (Å²) in [6.45, 7) is 6.99. The minimum atomic E-state index is -0.368. The van der Waals surface area contributed by atoms with E-state index in [-0.39, 0.29) is 12.1 Å². The average molecular weight is 486 g/mol. The maximum atomic E-state index is 13.1. The van der Waals surface area contributed by atoms with Crippen LogP contribution in [0, 0.1) is 12.8 Å². The van der Waals surface area contributed by atoms with E-state index < -0.39 is 0 Å². The van der Waals surface area contributed by atoms with Crippen molar-refractivity contribution in [2.75, 3.05) is 13.7 Å². The third kappa shape index (κ3) is 4.27. The molecular formula is C28H31N5O3. The third-order valence-electron chi connectivity index (χ3n) is 7.11. The van der Waals surface area contributed by atoms with E-state index >= 15 is 0 Å². The third-order valence-corrected chi connectivity index (χ3v) is 7.11. The Morgan fingerprint density at radius 2 is 1.83 bits per heavy atom. The summed E-state index contributed by atoms with van der Waals surface area (Å²) in [7, 11) is 3.48. The van der Waals surface area contributed by atoms with E-state index in [4.69, 9.17) is 14.6 Å². The summed E-state index contributed by atoms with van der Waals surface area (Å²) in [4.78, 5) is 24.1. The molecule has 8 nitrogen and oxygen atoms in total. The van der Waals surface area contributed by atoms with Crippen LogP contribution in [0.25, 0.3) is 33.4 Å². The van der Waals surface area contributed by atoms with Crippen LogP contribution >= 0.6 is 0 Å².